The Morgan fingerprint density at radius 2 is 1.94 bits per heavy atom. The van der Waals surface area contributed by atoms with E-state index in [1.165, 1.54) is 38.9 Å². The van der Waals surface area contributed by atoms with Crippen LogP contribution in [0.1, 0.15) is 26.2 Å². The smallest absolute Gasteiger partial charge is 0.0826 e. The first-order valence-electron chi connectivity index (χ1n) is 7.65. The van der Waals surface area contributed by atoms with Crippen LogP contribution in [-0.2, 0) is 4.74 Å². The third kappa shape index (κ3) is 4.84. The van der Waals surface area contributed by atoms with Crippen LogP contribution in [0.2, 0.25) is 0 Å². The third-order valence-corrected chi connectivity index (χ3v) is 4.10. The van der Waals surface area contributed by atoms with Crippen molar-refractivity contribution in [3.63, 3.8) is 0 Å². The van der Waals surface area contributed by atoms with Gasteiger partial charge in [0.05, 0.1) is 12.7 Å². The highest BCUT2D eigenvalue weighted by Crippen LogP contribution is 2.07. The van der Waals surface area contributed by atoms with Crippen LogP contribution in [0.25, 0.3) is 0 Å². The number of hydrogen-bond acceptors (Lipinski definition) is 4. The number of rotatable bonds is 6. The van der Waals surface area contributed by atoms with Gasteiger partial charge in [0.15, 0.2) is 0 Å². The van der Waals surface area contributed by atoms with Gasteiger partial charge in [0.25, 0.3) is 0 Å². The average molecular weight is 255 g/mol. The maximum Gasteiger partial charge on any atom is 0.0826 e. The van der Waals surface area contributed by atoms with Gasteiger partial charge in [0.1, 0.15) is 0 Å². The summed E-state index contributed by atoms with van der Waals surface area (Å²) in [4.78, 5) is 5.05. The standard InChI is InChI=1S/C14H29N3O/c1-2-16-10-11-18-14(13-16)12-15-6-9-17-7-4-3-5-8-17/h14-15H,2-13H2,1H3. The first-order chi connectivity index (χ1) is 8.88. The van der Waals surface area contributed by atoms with Crippen LogP contribution in [0.15, 0.2) is 0 Å². The van der Waals surface area contributed by atoms with Gasteiger partial charge in [-0.15, -0.1) is 0 Å². The molecule has 2 saturated heterocycles. The number of piperidine rings is 1. The second-order valence-corrected chi connectivity index (χ2v) is 5.49. The van der Waals surface area contributed by atoms with Crippen LogP contribution in [0.5, 0.6) is 0 Å². The number of ether oxygens (including phenoxy) is 1. The van der Waals surface area contributed by atoms with Crippen molar-refractivity contribution in [3.05, 3.63) is 0 Å². The van der Waals surface area contributed by atoms with Crippen molar-refractivity contribution in [2.24, 2.45) is 0 Å². The third-order valence-electron chi connectivity index (χ3n) is 4.10. The van der Waals surface area contributed by atoms with Gasteiger partial charge in [0.2, 0.25) is 0 Å². The number of morpholine rings is 1. The minimum atomic E-state index is 0.389. The second kappa shape index (κ2) is 8.10. The lowest BCUT2D eigenvalue weighted by atomic mass is 10.1. The van der Waals surface area contributed by atoms with Gasteiger partial charge >= 0.3 is 0 Å². The summed E-state index contributed by atoms with van der Waals surface area (Å²) in [7, 11) is 0. The molecule has 4 heteroatoms. The predicted molar refractivity (Wildman–Crippen MR) is 75.0 cm³/mol. The van der Waals surface area contributed by atoms with E-state index in [0.717, 1.165) is 39.3 Å². The van der Waals surface area contributed by atoms with Crippen LogP contribution in [-0.4, -0.2) is 74.9 Å². The highest BCUT2D eigenvalue weighted by atomic mass is 16.5. The molecule has 2 fully saturated rings. The van der Waals surface area contributed by atoms with Crippen molar-refractivity contribution in [3.8, 4) is 0 Å². The molecular formula is C14H29N3O. The first-order valence-corrected chi connectivity index (χ1v) is 7.65. The minimum absolute atomic E-state index is 0.389. The minimum Gasteiger partial charge on any atom is -0.374 e. The van der Waals surface area contributed by atoms with Gasteiger partial charge in [-0.3, -0.25) is 4.90 Å². The van der Waals surface area contributed by atoms with E-state index in [9.17, 15) is 0 Å². The fourth-order valence-electron chi connectivity index (χ4n) is 2.87. The summed E-state index contributed by atoms with van der Waals surface area (Å²) < 4.78 is 5.78. The lowest BCUT2D eigenvalue weighted by Crippen LogP contribution is -2.47. The molecule has 0 aliphatic carbocycles. The maximum absolute atomic E-state index is 5.78. The molecule has 0 aromatic carbocycles. The molecule has 0 saturated carbocycles. The Labute approximate surface area is 112 Å². The average Bonchev–Trinajstić information content (AvgIpc) is 2.45. The molecule has 0 aromatic rings. The summed E-state index contributed by atoms with van der Waals surface area (Å²) in [5.74, 6) is 0. The molecule has 2 rings (SSSR count). The Hall–Kier alpha value is -0.160. The molecule has 1 N–H and O–H groups in total. The van der Waals surface area contributed by atoms with E-state index in [1.54, 1.807) is 0 Å². The molecule has 4 nitrogen and oxygen atoms in total. The fraction of sp³-hybridized carbons (Fsp3) is 1.00. The largest absolute Gasteiger partial charge is 0.374 e. The van der Waals surface area contributed by atoms with Gasteiger partial charge in [-0.25, -0.2) is 0 Å². The van der Waals surface area contributed by atoms with E-state index in [4.69, 9.17) is 4.74 Å². The fourth-order valence-corrected chi connectivity index (χ4v) is 2.87. The van der Waals surface area contributed by atoms with Gasteiger partial charge in [-0.1, -0.05) is 13.3 Å². The zero-order chi connectivity index (χ0) is 12.6. The number of likely N-dealkylation sites (N-methyl/N-ethyl adjacent to an activating group) is 1. The number of nitrogens with zero attached hydrogens (tertiary/aromatic N) is 2. The molecule has 1 unspecified atom stereocenters. The normalized spacial score (nSPS) is 27.5. The SMILES string of the molecule is CCN1CCOC(CNCCN2CCCCC2)C1. The van der Waals surface area contributed by atoms with Gasteiger partial charge in [-0.2, -0.15) is 0 Å². The summed E-state index contributed by atoms with van der Waals surface area (Å²) in [5, 5.41) is 3.55. The summed E-state index contributed by atoms with van der Waals surface area (Å²) in [5.41, 5.74) is 0. The van der Waals surface area contributed by atoms with E-state index in [2.05, 4.69) is 22.0 Å². The van der Waals surface area contributed by atoms with Crippen LogP contribution in [0.4, 0.5) is 0 Å². The number of hydrogen-bond donors (Lipinski definition) is 1. The van der Waals surface area contributed by atoms with Crippen molar-refractivity contribution in [1.82, 2.24) is 15.1 Å². The van der Waals surface area contributed by atoms with Gasteiger partial charge < -0.3 is 15.0 Å². The summed E-state index contributed by atoms with van der Waals surface area (Å²) in [6.45, 7) is 12.4. The zero-order valence-corrected chi connectivity index (χ0v) is 11.9. The first kappa shape index (κ1) is 14.3. The van der Waals surface area contributed by atoms with Crippen LogP contribution >= 0.6 is 0 Å². The van der Waals surface area contributed by atoms with Crippen LogP contribution in [0, 0.1) is 0 Å². The van der Waals surface area contributed by atoms with Crippen molar-refractivity contribution in [2.75, 3.05) is 59.0 Å². The van der Waals surface area contributed by atoms with Crippen molar-refractivity contribution in [2.45, 2.75) is 32.3 Å². The molecule has 0 aromatic heterocycles. The van der Waals surface area contributed by atoms with Crippen LogP contribution < -0.4 is 5.32 Å². The van der Waals surface area contributed by atoms with E-state index in [1.807, 2.05) is 0 Å². The Kier molecular flexibility index (Phi) is 6.41. The molecular weight excluding hydrogens is 226 g/mol. The van der Waals surface area contributed by atoms with Crippen molar-refractivity contribution >= 4 is 0 Å². The summed E-state index contributed by atoms with van der Waals surface area (Å²) in [6.07, 6.45) is 4.58. The molecule has 0 amide bonds. The Morgan fingerprint density at radius 1 is 1.11 bits per heavy atom. The lowest BCUT2D eigenvalue weighted by Gasteiger charge is -2.32. The monoisotopic (exact) mass is 255 g/mol. The molecule has 18 heavy (non-hydrogen) atoms. The second-order valence-electron chi connectivity index (χ2n) is 5.49. The molecule has 0 bridgehead atoms. The summed E-state index contributed by atoms with van der Waals surface area (Å²) in [6, 6.07) is 0. The maximum atomic E-state index is 5.78. The molecule has 1 atom stereocenters. The van der Waals surface area contributed by atoms with Crippen LogP contribution in [0.3, 0.4) is 0 Å². The van der Waals surface area contributed by atoms with Gasteiger partial charge in [-0.05, 0) is 32.5 Å². The van der Waals surface area contributed by atoms with Gasteiger partial charge in [0, 0.05) is 32.7 Å². The quantitative estimate of drug-likeness (QED) is 0.710. The highest BCUT2D eigenvalue weighted by Gasteiger charge is 2.18. The Balaban J connectivity index is 1.52. The predicted octanol–water partition coefficient (Wildman–Crippen LogP) is 0.783. The molecule has 2 aliphatic rings. The topological polar surface area (TPSA) is 27.7 Å². The molecule has 2 aliphatic heterocycles. The molecule has 106 valence electrons. The van der Waals surface area contributed by atoms with Crippen molar-refractivity contribution < 1.29 is 4.74 Å². The molecule has 2 heterocycles. The van der Waals surface area contributed by atoms with Crippen molar-refractivity contribution in [1.29, 1.82) is 0 Å². The van der Waals surface area contributed by atoms with E-state index in [0.29, 0.717) is 6.10 Å². The van der Waals surface area contributed by atoms with E-state index >= 15 is 0 Å². The Morgan fingerprint density at radius 3 is 2.72 bits per heavy atom. The highest BCUT2D eigenvalue weighted by molar-refractivity contribution is 4.73. The zero-order valence-electron chi connectivity index (χ0n) is 11.9. The number of likely N-dealkylation sites (tertiary alicyclic amines) is 1. The number of nitrogens with one attached hydrogen (secondary N) is 1. The van der Waals surface area contributed by atoms with E-state index < -0.39 is 0 Å². The lowest BCUT2D eigenvalue weighted by molar-refractivity contribution is -0.0253. The Bertz CT molecular complexity index is 219. The van der Waals surface area contributed by atoms with E-state index in [-0.39, 0.29) is 0 Å². The molecule has 0 spiro atoms. The molecule has 0 radical (unpaired) electrons. The summed E-state index contributed by atoms with van der Waals surface area (Å²) >= 11 is 0.